The molecule has 1 aliphatic carbocycles. The largest absolute Gasteiger partial charge is 0.394 e. The topological polar surface area (TPSA) is 88.8 Å². The monoisotopic (exact) mass is 406 g/mol. The summed E-state index contributed by atoms with van der Waals surface area (Å²) < 4.78 is 1.72. The molecule has 0 bridgehead atoms. The Balaban J connectivity index is 1.64. The molecule has 0 fully saturated rings. The standard InChI is InChI=1S/C21H22N6OS/c1-13-4-5-16-17(9-13)29-21-18(16)20(24-15-11-23-27(12-15)7-8-28)25-19(26-21)14-3-2-6-22-10-14/h2-3,6,10-13,28H,4-5,7-9H2,1H3,(H,24,25,26)/t13-/m1/s1. The molecule has 1 atom stereocenters. The SMILES string of the molecule is C[C@@H]1CCc2c(sc3nc(-c4cccnc4)nc(Nc4cnn(CCO)c4)c23)C1. The Morgan fingerprint density at radius 3 is 3.07 bits per heavy atom. The van der Waals surface area contributed by atoms with Crippen molar-refractivity contribution in [2.75, 3.05) is 11.9 Å². The van der Waals surface area contributed by atoms with Gasteiger partial charge in [-0.1, -0.05) is 6.92 Å². The highest BCUT2D eigenvalue weighted by atomic mass is 32.1. The van der Waals surface area contributed by atoms with Gasteiger partial charge in [0.15, 0.2) is 5.82 Å². The average molecular weight is 407 g/mol. The van der Waals surface area contributed by atoms with Crippen LogP contribution in [0.25, 0.3) is 21.6 Å². The van der Waals surface area contributed by atoms with E-state index in [-0.39, 0.29) is 6.61 Å². The van der Waals surface area contributed by atoms with Gasteiger partial charge in [-0.05, 0) is 42.9 Å². The minimum absolute atomic E-state index is 0.0558. The molecule has 148 valence electrons. The van der Waals surface area contributed by atoms with Crippen LogP contribution in [0, 0.1) is 5.92 Å². The van der Waals surface area contributed by atoms with Crippen LogP contribution >= 0.6 is 11.3 Å². The molecule has 0 unspecified atom stereocenters. The van der Waals surface area contributed by atoms with Crippen molar-refractivity contribution in [1.82, 2.24) is 24.7 Å². The van der Waals surface area contributed by atoms with Crippen molar-refractivity contribution in [3.63, 3.8) is 0 Å². The van der Waals surface area contributed by atoms with Crippen LogP contribution in [0.4, 0.5) is 11.5 Å². The smallest absolute Gasteiger partial charge is 0.164 e. The molecule has 7 nitrogen and oxygen atoms in total. The van der Waals surface area contributed by atoms with Crippen LogP contribution in [0.5, 0.6) is 0 Å². The third-order valence-corrected chi connectivity index (χ3v) is 6.45. The van der Waals surface area contributed by atoms with Crippen LogP contribution in [0.3, 0.4) is 0 Å². The van der Waals surface area contributed by atoms with Crippen LogP contribution in [0.2, 0.25) is 0 Å². The number of nitrogens with one attached hydrogen (secondary N) is 1. The van der Waals surface area contributed by atoms with E-state index in [4.69, 9.17) is 15.1 Å². The zero-order valence-corrected chi connectivity index (χ0v) is 17.0. The van der Waals surface area contributed by atoms with E-state index in [9.17, 15) is 0 Å². The van der Waals surface area contributed by atoms with E-state index < -0.39 is 0 Å². The second kappa shape index (κ2) is 7.53. The number of aliphatic hydroxyl groups excluding tert-OH is 1. The van der Waals surface area contributed by atoms with Gasteiger partial charge in [0.1, 0.15) is 10.6 Å². The first kappa shape index (κ1) is 18.2. The second-order valence-electron chi connectivity index (χ2n) is 7.51. The molecule has 0 aliphatic heterocycles. The third-order valence-electron chi connectivity index (χ3n) is 5.30. The lowest BCUT2D eigenvalue weighted by Gasteiger charge is -2.18. The molecule has 4 aromatic heterocycles. The van der Waals surface area contributed by atoms with Crippen molar-refractivity contribution in [3.05, 3.63) is 47.4 Å². The van der Waals surface area contributed by atoms with Crippen molar-refractivity contribution in [2.24, 2.45) is 5.92 Å². The molecule has 0 amide bonds. The van der Waals surface area contributed by atoms with Crippen LogP contribution < -0.4 is 5.32 Å². The maximum Gasteiger partial charge on any atom is 0.164 e. The summed E-state index contributed by atoms with van der Waals surface area (Å²) in [6.07, 6.45) is 10.5. The second-order valence-corrected chi connectivity index (χ2v) is 8.59. The molecule has 29 heavy (non-hydrogen) atoms. The quantitative estimate of drug-likeness (QED) is 0.524. The Bertz CT molecular complexity index is 1150. The van der Waals surface area contributed by atoms with Gasteiger partial charge in [0.2, 0.25) is 0 Å². The van der Waals surface area contributed by atoms with Gasteiger partial charge in [0, 0.05) is 29.0 Å². The predicted octanol–water partition coefficient (Wildman–Crippen LogP) is 3.81. The molecule has 5 rings (SSSR count). The average Bonchev–Trinajstić information content (AvgIpc) is 3.32. The number of fused-ring (bicyclic) bond motifs is 3. The number of aryl methyl sites for hydroxylation is 1. The number of hydrogen-bond acceptors (Lipinski definition) is 7. The fraction of sp³-hybridized carbons (Fsp3) is 0.333. The number of rotatable bonds is 5. The van der Waals surface area contributed by atoms with Crippen LogP contribution in [-0.4, -0.2) is 36.4 Å². The number of aliphatic hydroxyl groups is 1. The Kier molecular flexibility index (Phi) is 4.73. The molecule has 2 N–H and O–H groups in total. The van der Waals surface area contributed by atoms with E-state index in [0.717, 1.165) is 40.1 Å². The van der Waals surface area contributed by atoms with E-state index in [2.05, 4.69) is 22.3 Å². The van der Waals surface area contributed by atoms with Gasteiger partial charge in [-0.25, -0.2) is 9.97 Å². The van der Waals surface area contributed by atoms with Crippen molar-refractivity contribution in [3.8, 4) is 11.4 Å². The lowest BCUT2D eigenvalue weighted by Crippen LogP contribution is -2.09. The zero-order valence-electron chi connectivity index (χ0n) is 16.2. The highest BCUT2D eigenvalue weighted by molar-refractivity contribution is 7.19. The fourth-order valence-corrected chi connectivity index (χ4v) is 5.23. The highest BCUT2D eigenvalue weighted by Crippen LogP contribution is 2.41. The number of pyridine rings is 1. The number of nitrogens with zero attached hydrogens (tertiary/aromatic N) is 5. The summed E-state index contributed by atoms with van der Waals surface area (Å²) in [6.45, 7) is 2.84. The summed E-state index contributed by atoms with van der Waals surface area (Å²) in [6, 6.07) is 3.88. The first-order valence-corrected chi connectivity index (χ1v) is 10.7. The highest BCUT2D eigenvalue weighted by Gasteiger charge is 2.24. The van der Waals surface area contributed by atoms with Gasteiger partial charge in [-0.15, -0.1) is 11.3 Å². The van der Waals surface area contributed by atoms with Crippen LogP contribution in [0.1, 0.15) is 23.8 Å². The van der Waals surface area contributed by atoms with Gasteiger partial charge < -0.3 is 10.4 Å². The molecule has 0 spiro atoms. The molecular weight excluding hydrogens is 384 g/mol. The van der Waals surface area contributed by atoms with Crippen molar-refractivity contribution >= 4 is 33.1 Å². The molecule has 4 aromatic rings. The molecule has 1 aliphatic rings. The van der Waals surface area contributed by atoms with Gasteiger partial charge >= 0.3 is 0 Å². The first-order valence-electron chi connectivity index (χ1n) is 9.84. The normalized spacial score (nSPS) is 16.1. The van der Waals surface area contributed by atoms with E-state index in [1.165, 1.54) is 16.9 Å². The minimum Gasteiger partial charge on any atom is -0.394 e. The molecule has 0 radical (unpaired) electrons. The van der Waals surface area contributed by atoms with Crippen molar-refractivity contribution in [2.45, 2.75) is 32.7 Å². The van der Waals surface area contributed by atoms with Gasteiger partial charge in [0.25, 0.3) is 0 Å². The first-order chi connectivity index (χ1) is 14.2. The summed E-state index contributed by atoms with van der Waals surface area (Å²) in [7, 11) is 0. The number of aromatic nitrogens is 5. The zero-order chi connectivity index (χ0) is 19.8. The molecule has 4 heterocycles. The number of hydrogen-bond donors (Lipinski definition) is 2. The summed E-state index contributed by atoms with van der Waals surface area (Å²) in [4.78, 5) is 16.4. The molecule has 8 heteroatoms. The molecular formula is C21H22N6OS. The van der Waals surface area contributed by atoms with E-state index in [0.29, 0.717) is 18.3 Å². The summed E-state index contributed by atoms with van der Waals surface area (Å²) >= 11 is 1.78. The molecule has 0 saturated carbocycles. The Hall–Kier alpha value is -2.84. The van der Waals surface area contributed by atoms with E-state index >= 15 is 0 Å². The maximum absolute atomic E-state index is 9.14. The van der Waals surface area contributed by atoms with E-state index in [1.807, 2.05) is 18.3 Å². The Labute approximate surface area is 172 Å². The van der Waals surface area contributed by atoms with Crippen LogP contribution in [-0.2, 0) is 19.4 Å². The number of anilines is 2. The van der Waals surface area contributed by atoms with Crippen molar-refractivity contribution < 1.29 is 5.11 Å². The third kappa shape index (κ3) is 3.49. The molecule has 0 aromatic carbocycles. The lowest BCUT2D eigenvalue weighted by atomic mass is 9.89. The predicted molar refractivity (Wildman–Crippen MR) is 114 cm³/mol. The van der Waals surface area contributed by atoms with E-state index in [1.54, 1.807) is 34.6 Å². The van der Waals surface area contributed by atoms with Gasteiger partial charge in [-0.2, -0.15) is 5.10 Å². The maximum atomic E-state index is 9.14. The van der Waals surface area contributed by atoms with Gasteiger partial charge in [0.05, 0.1) is 30.4 Å². The minimum atomic E-state index is 0.0558. The summed E-state index contributed by atoms with van der Waals surface area (Å²) in [5.41, 5.74) is 3.12. The number of thiophene rings is 1. The Morgan fingerprint density at radius 2 is 2.24 bits per heavy atom. The summed E-state index contributed by atoms with van der Waals surface area (Å²) in [5.74, 6) is 2.18. The lowest BCUT2D eigenvalue weighted by molar-refractivity contribution is 0.269. The van der Waals surface area contributed by atoms with Gasteiger partial charge in [-0.3, -0.25) is 9.67 Å². The molecule has 0 saturated heterocycles. The Morgan fingerprint density at radius 1 is 1.31 bits per heavy atom. The fourth-order valence-electron chi connectivity index (χ4n) is 3.85. The van der Waals surface area contributed by atoms with Crippen LogP contribution in [0.15, 0.2) is 36.9 Å². The van der Waals surface area contributed by atoms with Crippen molar-refractivity contribution in [1.29, 1.82) is 0 Å². The summed E-state index contributed by atoms with van der Waals surface area (Å²) in [5, 5.41) is 18.0.